The molecule has 4 nitrogen and oxygen atoms in total. The van der Waals surface area contributed by atoms with Crippen LogP contribution in [0.1, 0.15) is 29.8 Å². The van der Waals surface area contributed by atoms with Crippen LogP contribution in [0.15, 0.2) is 54.6 Å². The van der Waals surface area contributed by atoms with Gasteiger partial charge in [-0.1, -0.05) is 23.7 Å². The molecule has 0 unspecified atom stereocenters. The number of hydrogen-bond acceptors (Lipinski definition) is 3. The maximum Gasteiger partial charge on any atom is 0.338 e. The van der Waals surface area contributed by atoms with E-state index in [1.807, 2.05) is 12.1 Å². The van der Waals surface area contributed by atoms with Crippen molar-refractivity contribution in [3.05, 3.63) is 70.8 Å². The van der Waals surface area contributed by atoms with Gasteiger partial charge < -0.3 is 10.1 Å². The summed E-state index contributed by atoms with van der Waals surface area (Å²) in [5, 5.41) is 3.37. The van der Waals surface area contributed by atoms with E-state index in [4.69, 9.17) is 16.3 Å². The predicted molar refractivity (Wildman–Crippen MR) is 96.1 cm³/mol. The molecule has 5 heteroatoms. The van der Waals surface area contributed by atoms with Crippen molar-refractivity contribution < 1.29 is 14.3 Å². The van der Waals surface area contributed by atoms with Crippen molar-refractivity contribution in [2.24, 2.45) is 0 Å². The number of halogens is 1. The second-order valence-corrected chi connectivity index (χ2v) is 5.84. The van der Waals surface area contributed by atoms with Crippen LogP contribution in [0.3, 0.4) is 0 Å². The molecule has 0 saturated carbocycles. The van der Waals surface area contributed by atoms with Gasteiger partial charge in [0.05, 0.1) is 11.7 Å². The van der Waals surface area contributed by atoms with E-state index in [1.165, 1.54) is 6.08 Å². The molecule has 0 radical (unpaired) electrons. The fraction of sp³-hybridized carbons (Fsp3) is 0.158. The molecule has 0 fully saturated rings. The first kappa shape index (κ1) is 17.8. The van der Waals surface area contributed by atoms with Crippen molar-refractivity contribution in [1.29, 1.82) is 0 Å². The van der Waals surface area contributed by atoms with Crippen LogP contribution < -0.4 is 5.32 Å². The Morgan fingerprint density at radius 3 is 2.25 bits per heavy atom. The van der Waals surface area contributed by atoms with E-state index in [9.17, 15) is 9.59 Å². The summed E-state index contributed by atoms with van der Waals surface area (Å²) in [6.45, 7) is 3.58. The Labute approximate surface area is 146 Å². The van der Waals surface area contributed by atoms with Crippen LogP contribution in [-0.2, 0) is 9.53 Å². The Morgan fingerprint density at radius 2 is 1.67 bits per heavy atom. The van der Waals surface area contributed by atoms with E-state index in [0.29, 0.717) is 16.3 Å². The fourth-order valence-electron chi connectivity index (χ4n) is 1.90. The molecule has 0 bridgehead atoms. The third-order valence-electron chi connectivity index (χ3n) is 3.03. The maximum absolute atomic E-state index is 11.9. The van der Waals surface area contributed by atoms with E-state index < -0.39 is 0 Å². The molecule has 0 aliphatic heterocycles. The lowest BCUT2D eigenvalue weighted by atomic mass is 10.2. The van der Waals surface area contributed by atoms with Crippen LogP contribution in [0.4, 0.5) is 5.69 Å². The summed E-state index contributed by atoms with van der Waals surface area (Å²) in [5.41, 5.74) is 1.92. The lowest BCUT2D eigenvalue weighted by Gasteiger charge is -2.08. The molecule has 1 N–H and O–H groups in total. The van der Waals surface area contributed by atoms with Gasteiger partial charge >= 0.3 is 5.97 Å². The third-order valence-corrected chi connectivity index (χ3v) is 3.28. The first-order chi connectivity index (χ1) is 11.4. The number of amides is 1. The zero-order valence-corrected chi connectivity index (χ0v) is 14.2. The van der Waals surface area contributed by atoms with Gasteiger partial charge in [0.15, 0.2) is 0 Å². The van der Waals surface area contributed by atoms with Gasteiger partial charge in [-0.3, -0.25) is 4.79 Å². The highest BCUT2D eigenvalue weighted by molar-refractivity contribution is 6.30. The molecule has 2 aromatic carbocycles. The molecule has 0 aliphatic rings. The second kappa shape index (κ2) is 8.31. The van der Waals surface area contributed by atoms with Crippen LogP contribution in [0.5, 0.6) is 0 Å². The quantitative estimate of drug-likeness (QED) is 0.639. The smallest absolute Gasteiger partial charge is 0.338 e. The van der Waals surface area contributed by atoms with Gasteiger partial charge in [-0.25, -0.2) is 4.79 Å². The summed E-state index contributed by atoms with van der Waals surface area (Å²) >= 11 is 5.81. The van der Waals surface area contributed by atoms with Gasteiger partial charge in [0.25, 0.3) is 0 Å². The molecule has 24 heavy (non-hydrogen) atoms. The van der Waals surface area contributed by atoms with E-state index in [1.54, 1.807) is 56.3 Å². The van der Waals surface area contributed by atoms with E-state index in [0.717, 1.165) is 5.56 Å². The highest BCUT2D eigenvalue weighted by Gasteiger charge is 2.09. The summed E-state index contributed by atoms with van der Waals surface area (Å²) in [6.07, 6.45) is 2.96. The molecule has 124 valence electrons. The minimum Gasteiger partial charge on any atom is -0.459 e. The first-order valence-electron chi connectivity index (χ1n) is 7.50. The predicted octanol–water partition coefficient (Wildman–Crippen LogP) is 4.56. The Balaban J connectivity index is 1.94. The van der Waals surface area contributed by atoms with Crippen molar-refractivity contribution in [1.82, 2.24) is 0 Å². The summed E-state index contributed by atoms with van der Waals surface area (Å²) in [5.74, 6) is -0.645. The molecule has 0 saturated heterocycles. The summed E-state index contributed by atoms with van der Waals surface area (Å²) in [6, 6.07) is 13.7. The Kier molecular flexibility index (Phi) is 6.15. The Bertz CT molecular complexity index is 734. The second-order valence-electron chi connectivity index (χ2n) is 5.41. The molecule has 0 heterocycles. The lowest BCUT2D eigenvalue weighted by Crippen LogP contribution is -2.12. The zero-order valence-electron chi connectivity index (χ0n) is 13.5. The van der Waals surface area contributed by atoms with Crippen LogP contribution in [0.2, 0.25) is 5.02 Å². The van der Waals surface area contributed by atoms with Gasteiger partial charge in [-0.05, 0) is 61.9 Å². The minimum absolute atomic E-state index is 0.171. The normalized spacial score (nSPS) is 10.8. The van der Waals surface area contributed by atoms with Gasteiger partial charge in [-0.15, -0.1) is 0 Å². The Hall–Kier alpha value is -2.59. The standard InChI is InChI=1S/C19H18ClNO3/c1-13(2)24-19(23)15-6-10-17(11-7-15)21-18(22)12-5-14-3-8-16(20)9-4-14/h3-13H,1-2H3,(H,21,22). The minimum atomic E-state index is -0.384. The zero-order chi connectivity index (χ0) is 17.5. The molecular formula is C19H18ClNO3. The van der Waals surface area contributed by atoms with Crippen LogP contribution in [0.25, 0.3) is 6.08 Å². The largest absolute Gasteiger partial charge is 0.459 e. The van der Waals surface area contributed by atoms with Gasteiger partial charge in [0.1, 0.15) is 0 Å². The number of benzene rings is 2. The summed E-state index contributed by atoms with van der Waals surface area (Å²) in [4.78, 5) is 23.6. The topological polar surface area (TPSA) is 55.4 Å². The SMILES string of the molecule is CC(C)OC(=O)c1ccc(NC(=O)C=Cc2ccc(Cl)cc2)cc1. The van der Waals surface area contributed by atoms with Crippen molar-refractivity contribution >= 4 is 35.2 Å². The fourth-order valence-corrected chi connectivity index (χ4v) is 2.03. The number of ether oxygens (including phenoxy) is 1. The van der Waals surface area contributed by atoms with Gasteiger partial charge in [0.2, 0.25) is 5.91 Å². The monoisotopic (exact) mass is 343 g/mol. The number of nitrogens with one attached hydrogen (secondary N) is 1. The van der Waals surface area contributed by atoms with Gasteiger partial charge in [0, 0.05) is 16.8 Å². The average Bonchev–Trinajstić information content (AvgIpc) is 2.54. The molecule has 1 amide bonds. The van der Waals surface area contributed by atoms with Crippen molar-refractivity contribution in [3.8, 4) is 0 Å². The summed E-state index contributed by atoms with van der Waals surface area (Å²) in [7, 11) is 0. The number of hydrogen-bond donors (Lipinski definition) is 1. The highest BCUT2D eigenvalue weighted by Crippen LogP contribution is 2.13. The first-order valence-corrected chi connectivity index (χ1v) is 7.87. The van der Waals surface area contributed by atoms with Crippen molar-refractivity contribution in [3.63, 3.8) is 0 Å². The maximum atomic E-state index is 11.9. The number of carbonyl (C=O) groups is 2. The molecular weight excluding hydrogens is 326 g/mol. The van der Waals surface area contributed by atoms with Gasteiger partial charge in [-0.2, -0.15) is 0 Å². The number of anilines is 1. The average molecular weight is 344 g/mol. The van der Waals surface area contributed by atoms with E-state index >= 15 is 0 Å². The molecule has 0 aromatic heterocycles. The van der Waals surface area contributed by atoms with Crippen LogP contribution in [-0.4, -0.2) is 18.0 Å². The Morgan fingerprint density at radius 1 is 1.04 bits per heavy atom. The molecule has 2 rings (SSSR count). The van der Waals surface area contributed by atoms with Crippen molar-refractivity contribution in [2.45, 2.75) is 20.0 Å². The van der Waals surface area contributed by atoms with E-state index in [2.05, 4.69) is 5.32 Å². The number of rotatable bonds is 5. The van der Waals surface area contributed by atoms with Crippen molar-refractivity contribution in [2.75, 3.05) is 5.32 Å². The van der Waals surface area contributed by atoms with Crippen LogP contribution >= 0.6 is 11.6 Å². The summed E-state index contributed by atoms with van der Waals surface area (Å²) < 4.78 is 5.11. The molecule has 0 atom stereocenters. The highest BCUT2D eigenvalue weighted by atomic mass is 35.5. The molecule has 0 spiro atoms. The molecule has 2 aromatic rings. The number of carbonyl (C=O) groups excluding carboxylic acids is 2. The lowest BCUT2D eigenvalue weighted by molar-refractivity contribution is -0.111. The van der Waals surface area contributed by atoms with E-state index in [-0.39, 0.29) is 18.0 Å². The van der Waals surface area contributed by atoms with Crippen LogP contribution in [0, 0.1) is 0 Å². The molecule has 0 aliphatic carbocycles. The number of esters is 1. The third kappa shape index (κ3) is 5.56.